The lowest BCUT2D eigenvalue weighted by atomic mass is 9.52. The van der Waals surface area contributed by atoms with Crippen LogP contribution in [0, 0.1) is 50.2 Å². The van der Waals surface area contributed by atoms with Crippen molar-refractivity contribution >= 4 is 5.90 Å². The van der Waals surface area contributed by atoms with Gasteiger partial charge in [-0.05, 0) is 23.1 Å². The molecule has 30 heavy (non-hydrogen) atoms. The summed E-state index contributed by atoms with van der Waals surface area (Å²) >= 11 is 0. The van der Waals surface area contributed by atoms with E-state index >= 15 is 0 Å². The molecule has 4 rings (SSSR count). The smallest absolute Gasteiger partial charge is 0.218 e. The molecule has 2 aromatic carbocycles. The maximum absolute atomic E-state index is 10.4. The molecule has 2 aromatic rings. The Bertz CT molecular complexity index is 1110. The molecule has 0 amide bonds. The third-order valence-corrected chi connectivity index (χ3v) is 6.34. The van der Waals surface area contributed by atoms with Crippen LogP contribution in [-0.2, 0) is 15.9 Å². The van der Waals surface area contributed by atoms with E-state index in [1.807, 2.05) is 49.4 Å². The molecule has 0 radical (unpaired) electrons. The lowest BCUT2D eigenvalue weighted by molar-refractivity contribution is -0.253. The second-order valence-electron chi connectivity index (χ2n) is 7.84. The fourth-order valence-corrected chi connectivity index (χ4v) is 4.86. The van der Waals surface area contributed by atoms with Crippen LogP contribution < -0.4 is 0 Å². The van der Waals surface area contributed by atoms with Gasteiger partial charge in [0.25, 0.3) is 0 Å². The zero-order chi connectivity index (χ0) is 21.6. The predicted octanol–water partition coefficient (Wildman–Crippen LogP) is 4.37. The van der Waals surface area contributed by atoms with Gasteiger partial charge in [0, 0.05) is 6.92 Å². The normalized spacial score (nSPS) is 31.1. The largest absolute Gasteiger partial charge is 0.447 e. The minimum atomic E-state index is -1.97. The lowest BCUT2D eigenvalue weighted by Gasteiger charge is -2.48. The highest BCUT2D eigenvalue weighted by Gasteiger charge is 2.79. The van der Waals surface area contributed by atoms with Gasteiger partial charge in [0.05, 0.1) is 24.1 Å². The first kappa shape index (κ1) is 19.6. The van der Waals surface area contributed by atoms with E-state index in [2.05, 4.69) is 18.2 Å². The van der Waals surface area contributed by atoms with E-state index in [-0.39, 0.29) is 0 Å². The van der Waals surface area contributed by atoms with Gasteiger partial charge in [-0.25, -0.2) is 0 Å². The van der Waals surface area contributed by atoms with Crippen LogP contribution in [-0.4, -0.2) is 11.7 Å². The molecule has 6 nitrogen and oxygen atoms in total. The van der Waals surface area contributed by atoms with Gasteiger partial charge >= 0.3 is 0 Å². The minimum absolute atomic E-state index is 0.405. The Morgan fingerprint density at radius 2 is 1.57 bits per heavy atom. The second-order valence-corrected chi connectivity index (χ2v) is 7.84. The Morgan fingerprint density at radius 1 is 0.933 bits per heavy atom. The number of hydrogen-bond donors (Lipinski definition) is 1. The summed E-state index contributed by atoms with van der Waals surface area (Å²) in [6.07, 6.45) is -0.206. The van der Waals surface area contributed by atoms with Gasteiger partial charge in [-0.1, -0.05) is 61.5 Å². The quantitative estimate of drug-likeness (QED) is 0.827. The molecule has 2 aliphatic heterocycles. The Balaban J connectivity index is 2.00. The summed E-state index contributed by atoms with van der Waals surface area (Å²) in [5.74, 6) is -2.59. The van der Waals surface area contributed by atoms with Crippen molar-refractivity contribution in [1.29, 1.82) is 21.2 Å². The molecule has 2 fully saturated rings. The van der Waals surface area contributed by atoms with E-state index in [0.717, 1.165) is 12.0 Å². The fraction of sp³-hybridized carbons (Fsp3) is 0.333. The number of nitrogens with one attached hydrogen (secondary N) is 1. The van der Waals surface area contributed by atoms with Gasteiger partial charge < -0.3 is 9.47 Å². The third kappa shape index (κ3) is 2.28. The average Bonchev–Trinajstić information content (AvgIpc) is 2.97. The van der Waals surface area contributed by atoms with Crippen LogP contribution in [0.25, 0.3) is 0 Å². The monoisotopic (exact) mass is 396 g/mol. The van der Waals surface area contributed by atoms with Crippen molar-refractivity contribution in [3.8, 4) is 18.2 Å². The molecule has 2 heterocycles. The number of rotatable bonds is 3. The summed E-state index contributed by atoms with van der Waals surface area (Å²) in [5, 5.41) is 39.6. The highest BCUT2D eigenvalue weighted by atomic mass is 16.7. The van der Waals surface area contributed by atoms with Gasteiger partial charge in [-0.15, -0.1) is 0 Å². The van der Waals surface area contributed by atoms with Gasteiger partial charge in [0.2, 0.25) is 17.1 Å². The summed E-state index contributed by atoms with van der Waals surface area (Å²) < 4.78 is 12.2. The van der Waals surface area contributed by atoms with Gasteiger partial charge in [0.1, 0.15) is 6.10 Å². The minimum Gasteiger partial charge on any atom is -0.447 e. The summed E-state index contributed by atoms with van der Waals surface area (Å²) in [4.78, 5) is 0. The van der Waals surface area contributed by atoms with Gasteiger partial charge in [-0.2, -0.15) is 15.8 Å². The van der Waals surface area contributed by atoms with E-state index in [1.54, 1.807) is 19.1 Å². The van der Waals surface area contributed by atoms with E-state index in [0.29, 0.717) is 11.1 Å². The summed E-state index contributed by atoms with van der Waals surface area (Å²) in [5.41, 5.74) is -1.41. The molecule has 0 saturated carbocycles. The molecule has 4 unspecified atom stereocenters. The summed E-state index contributed by atoms with van der Waals surface area (Å²) in [6, 6.07) is 22.8. The topological polar surface area (TPSA) is 114 Å². The molecule has 4 atom stereocenters. The number of hydrogen-bond acceptors (Lipinski definition) is 6. The molecule has 0 aromatic heterocycles. The highest BCUT2D eigenvalue weighted by molar-refractivity contribution is 5.90. The van der Waals surface area contributed by atoms with Crippen molar-refractivity contribution < 1.29 is 9.47 Å². The van der Waals surface area contributed by atoms with Crippen LogP contribution in [0.4, 0.5) is 0 Å². The van der Waals surface area contributed by atoms with Crippen LogP contribution in [0.15, 0.2) is 54.6 Å². The van der Waals surface area contributed by atoms with E-state index in [9.17, 15) is 15.8 Å². The number of nitrogens with zero attached hydrogens (tertiary/aromatic N) is 3. The first-order chi connectivity index (χ1) is 14.4. The summed E-state index contributed by atoms with van der Waals surface area (Å²) in [7, 11) is 0. The second kappa shape index (κ2) is 6.70. The summed E-state index contributed by atoms with van der Waals surface area (Å²) in [6.45, 7) is 3.71. The van der Waals surface area contributed by atoms with Gasteiger partial charge in [0.15, 0.2) is 5.41 Å². The van der Waals surface area contributed by atoms with Crippen LogP contribution >= 0.6 is 0 Å². The number of ether oxygens (including phenoxy) is 2. The van der Waals surface area contributed by atoms with Crippen LogP contribution in [0.3, 0.4) is 0 Å². The van der Waals surface area contributed by atoms with Crippen LogP contribution in [0.5, 0.6) is 0 Å². The molecule has 0 aliphatic carbocycles. The van der Waals surface area contributed by atoms with Crippen LogP contribution in [0.2, 0.25) is 0 Å². The molecular weight excluding hydrogens is 376 g/mol. The van der Waals surface area contributed by atoms with Crippen molar-refractivity contribution in [2.24, 2.45) is 10.8 Å². The van der Waals surface area contributed by atoms with Crippen LogP contribution in [0.1, 0.15) is 42.6 Å². The van der Waals surface area contributed by atoms with Gasteiger partial charge in [-0.3, -0.25) is 5.41 Å². The number of aryl methyl sites for hydroxylation is 1. The SMILES string of the molecule is CCc1ccc(C2OC3(C)OC(=N)C(C#N)(C3c3ccccc3)C2(C#N)C#N)cc1. The predicted molar refractivity (Wildman–Crippen MR) is 108 cm³/mol. The Labute approximate surface area is 175 Å². The molecular formula is C24H20N4O2. The average molecular weight is 396 g/mol. The van der Waals surface area contributed by atoms with E-state index < -0.39 is 34.5 Å². The van der Waals surface area contributed by atoms with Crippen molar-refractivity contribution in [2.45, 2.75) is 38.1 Å². The molecule has 2 saturated heterocycles. The number of nitriles is 3. The molecule has 2 aliphatic rings. The Morgan fingerprint density at radius 3 is 2.10 bits per heavy atom. The molecule has 148 valence electrons. The molecule has 2 bridgehead atoms. The van der Waals surface area contributed by atoms with E-state index in [1.165, 1.54) is 0 Å². The van der Waals surface area contributed by atoms with Crippen molar-refractivity contribution in [1.82, 2.24) is 0 Å². The first-order valence-electron chi connectivity index (χ1n) is 9.75. The zero-order valence-electron chi connectivity index (χ0n) is 16.7. The number of fused-ring (bicyclic) bond motifs is 2. The maximum atomic E-state index is 10.4. The molecule has 1 N–H and O–H groups in total. The first-order valence-corrected chi connectivity index (χ1v) is 9.75. The third-order valence-electron chi connectivity index (χ3n) is 6.34. The Hall–Kier alpha value is -3.66. The molecule has 0 spiro atoms. The lowest BCUT2D eigenvalue weighted by Crippen LogP contribution is -2.57. The van der Waals surface area contributed by atoms with Crippen molar-refractivity contribution in [2.75, 3.05) is 0 Å². The fourth-order valence-electron chi connectivity index (χ4n) is 4.86. The van der Waals surface area contributed by atoms with Crippen molar-refractivity contribution in [3.05, 3.63) is 71.3 Å². The maximum Gasteiger partial charge on any atom is 0.218 e. The molecule has 6 heteroatoms. The van der Waals surface area contributed by atoms with E-state index in [4.69, 9.17) is 14.9 Å². The zero-order valence-corrected chi connectivity index (χ0v) is 16.7. The standard InChI is InChI=1S/C24H20N4O2/c1-3-16-9-11-18(12-10-16)20-23(13-25,14-26)24(15-27)19(17-7-5-4-6-8-17)22(2,29-20)30-21(24)28/h4-12,19-20,28H,3H2,1-2H3. The Kier molecular flexibility index (Phi) is 4.39. The highest BCUT2D eigenvalue weighted by Crippen LogP contribution is 2.69. The number of benzene rings is 2. The van der Waals surface area contributed by atoms with Crippen molar-refractivity contribution in [3.63, 3.8) is 0 Å².